The van der Waals surface area contributed by atoms with Crippen molar-refractivity contribution in [2.45, 2.75) is 59.5 Å². The van der Waals surface area contributed by atoms with Gasteiger partial charge in [-0.25, -0.2) is 0 Å². The monoisotopic (exact) mass is 346 g/mol. The molecule has 3 unspecified atom stereocenters. The van der Waals surface area contributed by atoms with Crippen LogP contribution < -0.4 is 0 Å². The first-order chi connectivity index (χ1) is 11.5. The average molecular weight is 346 g/mol. The maximum atomic E-state index is 12.9. The molecule has 0 spiro atoms. The van der Waals surface area contributed by atoms with Gasteiger partial charge in [-0.3, -0.25) is 9.59 Å². The van der Waals surface area contributed by atoms with Gasteiger partial charge >= 0.3 is 0 Å². The number of carbonyl (C=O) groups is 2. The molecule has 3 rings (SSSR count). The molecule has 0 bridgehead atoms. The maximum Gasteiger partial charge on any atom is 0.227 e. The Morgan fingerprint density at radius 3 is 2.40 bits per heavy atom. The highest BCUT2D eigenvalue weighted by molar-refractivity contribution is 6.12. The van der Waals surface area contributed by atoms with Gasteiger partial charge in [0.15, 0.2) is 11.5 Å². The van der Waals surface area contributed by atoms with Crippen molar-refractivity contribution in [3.8, 4) is 0 Å². The lowest BCUT2D eigenvalue weighted by atomic mass is 9.49. The molecule has 5 nitrogen and oxygen atoms in total. The number of ketones is 2. The number of carbonyl (C=O) groups excluding carboxylic acids is 2. The molecule has 0 heterocycles. The summed E-state index contributed by atoms with van der Waals surface area (Å²) in [6.45, 7) is 7.51. The molecule has 0 aromatic rings. The third kappa shape index (κ3) is 2.48. The molecule has 1 fully saturated rings. The molecule has 0 aromatic carbocycles. The molecule has 0 aliphatic heterocycles. The molecular weight excluding hydrogens is 320 g/mol. The van der Waals surface area contributed by atoms with Gasteiger partial charge in [-0.15, -0.1) is 0 Å². The Kier molecular flexibility index (Phi) is 3.99. The Morgan fingerprint density at radius 2 is 1.80 bits per heavy atom. The van der Waals surface area contributed by atoms with Crippen LogP contribution in [0.5, 0.6) is 0 Å². The molecule has 25 heavy (non-hydrogen) atoms. The van der Waals surface area contributed by atoms with E-state index in [9.17, 15) is 24.9 Å². The molecule has 3 aliphatic carbocycles. The van der Waals surface area contributed by atoms with E-state index in [1.54, 1.807) is 0 Å². The molecule has 0 aromatic heterocycles. The van der Waals surface area contributed by atoms with Gasteiger partial charge in [-0.1, -0.05) is 27.2 Å². The first-order valence-corrected chi connectivity index (χ1v) is 8.85. The van der Waals surface area contributed by atoms with Gasteiger partial charge in [0, 0.05) is 34.5 Å². The summed E-state index contributed by atoms with van der Waals surface area (Å²) in [6.07, 6.45) is 2.92. The van der Waals surface area contributed by atoms with Gasteiger partial charge in [0.05, 0.1) is 6.10 Å². The molecule has 0 radical (unpaired) electrons. The number of aliphatic hydroxyl groups is 3. The Hall–Kier alpha value is -1.88. The highest BCUT2D eigenvalue weighted by atomic mass is 16.3. The number of Topliss-reactive ketones (excluding diaryl/α,β-unsaturated/α-hetero) is 1. The van der Waals surface area contributed by atoms with Crippen LogP contribution in [-0.4, -0.2) is 33.0 Å². The number of hydrogen-bond acceptors (Lipinski definition) is 5. The van der Waals surface area contributed by atoms with Crippen LogP contribution in [0.4, 0.5) is 0 Å². The van der Waals surface area contributed by atoms with Gasteiger partial charge < -0.3 is 15.3 Å². The first kappa shape index (κ1) is 17.9. The Balaban J connectivity index is 2.24. The highest BCUT2D eigenvalue weighted by Crippen LogP contribution is 2.60. The molecule has 3 N–H and O–H groups in total. The second-order valence-corrected chi connectivity index (χ2v) is 8.59. The number of fused-ring (bicyclic) bond motifs is 3. The summed E-state index contributed by atoms with van der Waals surface area (Å²) < 4.78 is 0. The summed E-state index contributed by atoms with van der Waals surface area (Å²) in [7, 11) is 0. The largest absolute Gasteiger partial charge is 0.507 e. The summed E-state index contributed by atoms with van der Waals surface area (Å²) in [5, 5.41) is 30.9. The summed E-state index contributed by atoms with van der Waals surface area (Å²) in [6, 6.07) is 0. The zero-order valence-electron chi connectivity index (χ0n) is 15.2. The van der Waals surface area contributed by atoms with E-state index in [1.165, 1.54) is 13.0 Å². The van der Waals surface area contributed by atoms with Crippen molar-refractivity contribution < 1.29 is 24.9 Å². The van der Waals surface area contributed by atoms with E-state index in [4.69, 9.17) is 0 Å². The number of aliphatic hydroxyl groups excluding tert-OH is 3. The lowest BCUT2D eigenvalue weighted by Gasteiger charge is -2.53. The van der Waals surface area contributed by atoms with Crippen LogP contribution >= 0.6 is 0 Å². The van der Waals surface area contributed by atoms with Gasteiger partial charge in [0.25, 0.3) is 0 Å². The second-order valence-electron chi connectivity index (χ2n) is 8.59. The predicted molar refractivity (Wildman–Crippen MR) is 92.9 cm³/mol. The van der Waals surface area contributed by atoms with Crippen LogP contribution in [0.25, 0.3) is 0 Å². The van der Waals surface area contributed by atoms with Gasteiger partial charge in [0.2, 0.25) is 5.78 Å². The van der Waals surface area contributed by atoms with Gasteiger partial charge in [-0.2, -0.15) is 0 Å². The van der Waals surface area contributed by atoms with Crippen LogP contribution in [0.2, 0.25) is 0 Å². The standard InChI is InChI=1S/C20H26O5/c1-10(21)8-12-15(23)11-9-13(22)18-19(2,3)6-5-7-20(18,4)14(11)17(25)16(12)24/h9-10,18,21,23,25H,5-8H2,1-4H3. The molecule has 5 heteroatoms. The van der Waals surface area contributed by atoms with Crippen molar-refractivity contribution in [3.63, 3.8) is 0 Å². The quantitative estimate of drug-likeness (QED) is 0.713. The number of rotatable bonds is 2. The normalized spacial score (nSPS) is 33.0. The topological polar surface area (TPSA) is 94.8 Å². The lowest BCUT2D eigenvalue weighted by Crippen LogP contribution is -2.51. The van der Waals surface area contributed by atoms with E-state index >= 15 is 0 Å². The Labute approximate surface area is 147 Å². The fourth-order valence-electron chi connectivity index (χ4n) is 5.23. The van der Waals surface area contributed by atoms with Crippen LogP contribution in [0.1, 0.15) is 53.4 Å². The first-order valence-electron chi connectivity index (χ1n) is 8.85. The van der Waals surface area contributed by atoms with Crippen molar-refractivity contribution in [1.82, 2.24) is 0 Å². The average Bonchev–Trinajstić information content (AvgIpc) is 2.47. The van der Waals surface area contributed by atoms with Crippen LogP contribution in [0.15, 0.2) is 34.3 Å². The summed E-state index contributed by atoms with van der Waals surface area (Å²) in [4.78, 5) is 25.6. The molecule has 0 saturated heterocycles. The minimum Gasteiger partial charge on any atom is -0.507 e. The zero-order valence-corrected chi connectivity index (χ0v) is 15.2. The van der Waals surface area contributed by atoms with E-state index in [1.807, 2.05) is 20.8 Å². The lowest BCUT2D eigenvalue weighted by molar-refractivity contribution is -0.130. The fraction of sp³-hybridized carbons (Fsp3) is 0.600. The summed E-state index contributed by atoms with van der Waals surface area (Å²) >= 11 is 0. The summed E-state index contributed by atoms with van der Waals surface area (Å²) in [5.41, 5.74) is -0.336. The van der Waals surface area contributed by atoms with Gasteiger partial charge in [0.1, 0.15) is 5.76 Å². The molecule has 1 saturated carbocycles. The minimum atomic E-state index is -0.840. The molecule has 3 atom stereocenters. The molecular formula is C20H26O5. The van der Waals surface area contributed by atoms with Crippen LogP contribution in [-0.2, 0) is 9.59 Å². The smallest absolute Gasteiger partial charge is 0.227 e. The van der Waals surface area contributed by atoms with Crippen molar-refractivity contribution in [2.24, 2.45) is 16.7 Å². The number of hydrogen-bond donors (Lipinski definition) is 3. The van der Waals surface area contributed by atoms with Gasteiger partial charge in [-0.05, 0) is 31.3 Å². The number of allylic oxidation sites excluding steroid dienone is 3. The third-order valence-corrected chi connectivity index (χ3v) is 6.11. The second kappa shape index (κ2) is 5.56. The third-order valence-electron chi connectivity index (χ3n) is 6.11. The Morgan fingerprint density at radius 1 is 1.16 bits per heavy atom. The zero-order chi connectivity index (χ0) is 18.7. The molecule has 136 valence electrons. The van der Waals surface area contributed by atoms with Crippen molar-refractivity contribution in [3.05, 3.63) is 34.3 Å². The van der Waals surface area contributed by atoms with Crippen molar-refractivity contribution in [2.75, 3.05) is 0 Å². The SMILES string of the molecule is CC(O)CC1=C(O)C2=CC(=O)C3C(C)(C)CCCC3(C)C2=C(O)C1=O. The van der Waals surface area contributed by atoms with Crippen LogP contribution in [0, 0.1) is 16.7 Å². The van der Waals surface area contributed by atoms with Crippen LogP contribution in [0.3, 0.4) is 0 Å². The Bertz CT molecular complexity index is 750. The van der Waals surface area contributed by atoms with E-state index in [0.29, 0.717) is 12.0 Å². The minimum absolute atomic E-state index is 0.0348. The maximum absolute atomic E-state index is 12.9. The van der Waals surface area contributed by atoms with Crippen molar-refractivity contribution >= 4 is 11.6 Å². The highest BCUT2D eigenvalue weighted by Gasteiger charge is 2.57. The van der Waals surface area contributed by atoms with E-state index in [2.05, 4.69) is 0 Å². The molecule has 3 aliphatic rings. The fourth-order valence-corrected chi connectivity index (χ4v) is 5.23. The van der Waals surface area contributed by atoms with E-state index in [0.717, 1.165) is 12.8 Å². The van der Waals surface area contributed by atoms with E-state index < -0.39 is 23.1 Å². The van der Waals surface area contributed by atoms with Crippen molar-refractivity contribution in [1.29, 1.82) is 0 Å². The predicted octanol–water partition coefficient (Wildman–Crippen LogP) is 3.31. The van der Waals surface area contributed by atoms with E-state index in [-0.39, 0.29) is 40.4 Å². The molecule has 0 amide bonds. The summed E-state index contributed by atoms with van der Waals surface area (Å²) in [5.74, 6) is -1.74.